The fourth-order valence-electron chi connectivity index (χ4n) is 0.973. The SMILES string of the molecule is CC/C=C(\C)c1nccc(=O)[nH]1. The van der Waals surface area contributed by atoms with Gasteiger partial charge in [-0.25, -0.2) is 4.98 Å². The summed E-state index contributed by atoms with van der Waals surface area (Å²) in [5.41, 5.74) is 0.902. The Morgan fingerprint density at radius 2 is 2.50 bits per heavy atom. The molecule has 0 atom stereocenters. The molecule has 0 spiro atoms. The second kappa shape index (κ2) is 3.85. The van der Waals surface area contributed by atoms with Crippen molar-refractivity contribution in [2.75, 3.05) is 0 Å². The zero-order chi connectivity index (χ0) is 8.97. The molecule has 64 valence electrons. The molecule has 0 aliphatic rings. The van der Waals surface area contributed by atoms with Crippen LogP contribution in [0, 0.1) is 0 Å². The van der Waals surface area contributed by atoms with Crippen molar-refractivity contribution in [3.05, 3.63) is 34.5 Å². The average Bonchev–Trinajstić information content (AvgIpc) is 2.05. The van der Waals surface area contributed by atoms with Crippen LogP contribution in [0.5, 0.6) is 0 Å². The summed E-state index contributed by atoms with van der Waals surface area (Å²) in [4.78, 5) is 17.6. The van der Waals surface area contributed by atoms with Gasteiger partial charge in [0, 0.05) is 12.3 Å². The summed E-state index contributed by atoms with van der Waals surface area (Å²) in [5, 5.41) is 0. The van der Waals surface area contributed by atoms with Crippen molar-refractivity contribution < 1.29 is 0 Å². The maximum absolute atomic E-state index is 10.9. The number of hydrogen-bond acceptors (Lipinski definition) is 2. The molecule has 0 radical (unpaired) electrons. The van der Waals surface area contributed by atoms with Crippen molar-refractivity contribution in [2.45, 2.75) is 20.3 Å². The minimum absolute atomic E-state index is 0.108. The number of rotatable bonds is 2. The quantitative estimate of drug-likeness (QED) is 0.721. The minimum atomic E-state index is -0.108. The molecule has 0 unspecified atom stereocenters. The molecular weight excluding hydrogens is 152 g/mol. The molecular formula is C9H12N2O. The molecule has 3 heteroatoms. The lowest BCUT2D eigenvalue weighted by molar-refractivity contribution is 1.06. The summed E-state index contributed by atoms with van der Waals surface area (Å²) in [6.45, 7) is 3.98. The summed E-state index contributed by atoms with van der Waals surface area (Å²) in [6.07, 6.45) is 4.49. The van der Waals surface area contributed by atoms with E-state index in [4.69, 9.17) is 0 Å². The van der Waals surface area contributed by atoms with Crippen molar-refractivity contribution in [2.24, 2.45) is 0 Å². The van der Waals surface area contributed by atoms with Crippen LogP contribution >= 0.6 is 0 Å². The number of nitrogens with one attached hydrogen (secondary N) is 1. The zero-order valence-electron chi connectivity index (χ0n) is 7.29. The van der Waals surface area contributed by atoms with Crippen molar-refractivity contribution in [1.82, 2.24) is 9.97 Å². The van der Waals surface area contributed by atoms with Gasteiger partial charge in [0.2, 0.25) is 0 Å². The van der Waals surface area contributed by atoms with E-state index in [9.17, 15) is 4.79 Å². The highest BCUT2D eigenvalue weighted by Crippen LogP contribution is 2.05. The van der Waals surface area contributed by atoms with Crippen LogP contribution in [0.2, 0.25) is 0 Å². The molecule has 0 bridgehead atoms. The smallest absolute Gasteiger partial charge is 0.251 e. The van der Waals surface area contributed by atoms with Gasteiger partial charge in [0.25, 0.3) is 5.56 Å². The van der Waals surface area contributed by atoms with Gasteiger partial charge in [0.1, 0.15) is 5.82 Å². The molecule has 0 saturated heterocycles. The normalized spacial score (nSPS) is 11.7. The maximum Gasteiger partial charge on any atom is 0.251 e. The number of nitrogens with zero attached hydrogens (tertiary/aromatic N) is 1. The topological polar surface area (TPSA) is 45.8 Å². The molecule has 0 fully saturated rings. The predicted octanol–water partition coefficient (Wildman–Crippen LogP) is 1.58. The lowest BCUT2D eigenvalue weighted by Crippen LogP contribution is -2.07. The third-order valence-corrected chi connectivity index (χ3v) is 1.55. The standard InChI is InChI=1S/C9H12N2O/c1-3-4-7(2)9-10-6-5-8(12)11-9/h4-6H,3H2,1-2H3,(H,10,11,12)/b7-4+. The van der Waals surface area contributed by atoms with Crippen LogP contribution in [0.25, 0.3) is 5.57 Å². The Morgan fingerprint density at radius 1 is 1.75 bits per heavy atom. The van der Waals surface area contributed by atoms with Gasteiger partial charge < -0.3 is 4.98 Å². The molecule has 1 rings (SSSR count). The zero-order valence-corrected chi connectivity index (χ0v) is 7.29. The van der Waals surface area contributed by atoms with Crippen molar-refractivity contribution >= 4 is 5.57 Å². The molecule has 12 heavy (non-hydrogen) atoms. The molecule has 0 aliphatic carbocycles. The Labute approximate surface area is 71.2 Å². The highest BCUT2D eigenvalue weighted by molar-refractivity contribution is 5.56. The molecule has 1 N–H and O–H groups in total. The number of aromatic nitrogens is 2. The Balaban J connectivity index is 3.03. The van der Waals surface area contributed by atoms with Gasteiger partial charge in [0.15, 0.2) is 0 Å². The van der Waals surface area contributed by atoms with E-state index >= 15 is 0 Å². The first-order valence-electron chi connectivity index (χ1n) is 3.96. The third-order valence-electron chi connectivity index (χ3n) is 1.55. The first-order valence-corrected chi connectivity index (χ1v) is 3.96. The minimum Gasteiger partial charge on any atom is -0.307 e. The summed E-state index contributed by atoms with van der Waals surface area (Å²) in [6, 6.07) is 1.41. The lowest BCUT2D eigenvalue weighted by atomic mass is 10.2. The Hall–Kier alpha value is -1.38. The van der Waals surface area contributed by atoms with Crippen LogP contribution in [-0.2, 0) is 0 Å². The van der Waals surface area contributed by atoms with E-state index in [0.717, 1.165) is 12.0 Å². The van der Waals surface area contributed by atoms with Crippen LogP contribution in [-0.4, -0.2) is 9.97 Å². The second-order valence-corrected chi connectivity index (χ2v) is 2.58. The number of allylic oxidation sites excluding steroid dienone is 2. The number of hydrogen-bond donors (Lipinski definition) is 1. The fraction of sp³-hybridized carbons (Fsp3) is 0.333. The highest BCUT2D eigenvalue weighted by Gasteiger charge is 1.95. The monoisotopic (exact) mass is 164 g/mol. The highest BCUT2D eigenvalue weighted by atomic mass is 16.1. The molecule has 1 heterocycles. The van der Waals surface area contributed by atoms with Crippen LogP contribution in [0.1, 0.15) is 26.1 Å². The molecule has 0 aliphatic heterocycles. The second-order valence-electron chi connectivity index (χ2n) is 2.58. The van der Waals surface area contributed by atoms with E-state index in [1.54, 1.807) is 0 Å². The van der Waals surface area contributed by atoms with E-state index in [2.05, 4.69) is 9.97 Å². The van der Waals surface area contributed by atoms with Gasteiger partial charge in [-0.15, -0.1) is 0 Å². The summed E-state index contributed by atoms with van der Waals surface area (Å²) >= 11 is 0. The van der Waals surface area contributed by atoms with Crippen molar-refractivity contribution in [1.29, 1.82) is 0 Å². The third kappa shape index (κ3) is 2.05. The van der Waals surface area contributed by atoms with E-state index < -0.39 is 0 Å². The van der Waals surface area contributed by atoms with Crippen LogP contribution < -0.4 is 5.56 Å². The molecule has 0 saturated carbocycles. The van der Waals surface area contributed by atoms with E-state index in [1.165, 1.54) is 12.3 Å². The maximum atomic E-state index is 10.9. The fourth-order valence-corrected chi connectivity index (χ4v) is 0.973. The van der Waals surface area contributed by atoms with Crippen LogP contribution in [0.4, 0.5) is 0 Å². The Bertz CT molecular complexity index is 338. The first kappa shape index (κ1) is 8.71. The van der Waals surface area contributed by atoms with E-state index in [1.807, 2.05) is 19.9 Å². The van der Waals surface area contributed by atoms with Crippen molar-refractivity contribution in [3.8, 4) is 0 Å². The van der Waals surface area contributed by atoms with Crippen molar-refractivity contribution in [3.63, 3.8) is 0 Å². The number of aromatic amines is 1. The van der Waals surface area contributed by atoms with E-state index in [0.29, 0.717) is 5.82 Å². The summed E-state index contributed by atoms with van der Waals surface area (Å²) < 4.78 is 0. The predicted molar refractivity (Wildman–Crippen MR) is 48.8 cm³/mol. The van der Waals surface area contributed by atoms with Gasteiger partial charge in [-0.3, -0.25) is 4.79 Å². The van der Waals surface area contributed by atoms with Crippen LogP contribution in [0.3, 0.4) is 0 Å². The number of H-pyrrole nitrogens is 1. The molecule has 1 aromatic rings. The summed E-state index contributed by atoms with van der Waals surface area (Å²) in [5.74, 6) is 0.657. The van der Waals surface area contributed by atoms with Gasteiger partial charge in [-0.1, -0.05) is 13.0 Å². The van der Waals surface area contributed by atoms with Crippen LogP contribution in [0.15, 0.2) is 23.1 Å². The van der Waals surface area contributed by atoms with Gasteiger partial charge in [0.05, 0.1) is 0 Å². The molecule has 3 nitrogen and oxygen atoms in total. The van der Waals surface area contributed by atoms with Gasteiger partial charge >= 0.3 is 0 Å². The van der Waals surface area contributed by atoms with Gasteiger partial charge in [-0.2, -0.15) is 0 Å². The Kier molecular flexibility index (Phi) is 2.80. The van der Waals surface area contributed by atoms with E-state index in [-0.39, 0.29) is 5.56 Å². The largest absolute Gasteiger partial charge is 0.307 e. The summed E-state index contributed by atoms with van der Waals surface area (Å²) in [7, 11) is 0. The molecule has 0 amide bonds. The lowest BCUT2D eigenvalue weighted by Gasteiger charge is -1.97. The average molecular weight is 164 g/mol. The van der Waals surface area contributed by atoms with Gasteiger partial charge in [-0.05, 0) is 18.9 Å². The molecule has 0 aromatic carbocycles. The Morgan fingerprint density at radius 3 is 3.08 bits per heavy atom. The molecule has 1 aromatic heterocycles. The first-order chi connectivity index (χ1) is 5.74.